The number of carbonyl (C=O) groups excluding carboxylic acids is 1. The summed E-state index contributed by atoms with van der Waals surface area (Å²) in [6.45, 7) is 7.45. The highest BCUT2D eigenvalue weighted by Crippen LogP contribution is 2.20. The molecule has 0 radical (unpaired) electrons. The largest absolute Gasteiger partial charge is 0.476 e. The molecule has 2 rings (SSSR count). The molecule has 0 aliphatic heterocycles. The molecule has 1 aromatic carbocycles. The summed E-state index contributed by atoms with van der Waals surface area (Å²) in [5, 5.41) is 19.8. The highest BCUT2D eigenvalue weighted by Gasteiger charge is 2.23. The Morgan fingerprint density at radius 3 is 2.50 bits per heavy atom. The third kappa shape index (κ3) is 5.05. The molecule has 1 aromatic heterocycles. The molecule has 1 unspecified atom stereocenters. The maximum Gasteiger partial charge on any atom is 0.407 e. The molecule has 0 saturated heterocycles. The van der Waals surface area contributed by atoms with Gasteiger partial charge in [0.15, 0.2) is 5.69 Å². The van der Waals surface area contributed by atoms with Crippen LogP contribution in [-0.4, -0.2) is 44.3 Å². The van der Waals surface area contributed by atoms with E-state index >= 15 is 0 Å². The standard InChI is InChI=1S/C18H24N4O4/c1-12(13-8-6-5-7-9-13)22-14(15(16(23)24)20-21-22)10-11-19-17(25)26-18(2,3)4/h5-9,12H,10-11H2,1-4H3,(H,19,25)(H,23,24). The predicted molar refractivity (Wildman–Crippen MR) is 95.2 cm³/mol. The Morgan fingerprint density at radius 1 is 1.27 bits per heavy atom. The van der Waals surface area contributed by atoms with Crippen molar-refractivity contribution in [1.82, 2.24) is 20.3 Å². The lowest BCUT2D eigenvalue weighted by atomic mass is 10.1. The number of hydrogen-bond donors (Lipinski definition) is 2. The zero-order chi connectivity index (χ0) is 19.3. The van der Waals surface area contributed by atoms with Crippen molar-refractivity contribution >= 4 is 12.1 Å². The molecule has 8 heteroatoms. The average Bonchev–Trinajstić information content (AvgIpc) is 2.97. The minimum absolute atomic E-state index is 0.112. The number of carbonyl (C=O) groups is 2. The number of ether oxygens (including phenoxy) is 1. The third-order valence-electron chi connectivity index (χ3n) is 3.67. The van der Waals surface area contributed by atoms with E-state index in [4.69, 9.17) is 4.74 Å². The molecular weight excluding hydrogens is 336 g/mol. The van der Waals surface area contributed by atoms with Crippen LogP contribution in [0.1, 0.15) is 55.5 Å². The molecule has 0 bridgehead atoms. The number of aromatic carboxylic acids is 1. The molecule has 1 heterocycles. The predicted octanol–water partition coefficient (Wildman–Crippen LogP) is 2.65. The van der Waals surface area contributed by atoms with Gasteiger partial charge in [0.25, 0.3) is 0 Å². The SMILES string of the molecule is CC(c1ccccc1)n1nnc(C(=O)O)c1CCNC(=O)OC(C)(C)C. The number of benzene rings is 1. The topological polar surface area (TPSA) is 106 Å². The van der Waals surface area contributed by atoms with Gasteiger partial charge in [0.05, 0.1) is 11.7 Å². The summed E-state index contributed by atoms with van der Waals surface area (Å²) in [5.74, 6) is -1.15. The zero-order valence-electron chi connectivity index (χ0n) is 15.4. The number of carboxylic acid groups (broad SMARTS) is 1. The maximum atomic E-state index is 11.8. The van der Waals surface area contributed by atoms with E-state index < -0.39 is 17.7 Å². The molecule has 140 valence electrons. The quantitative estimate of drug-likeness (QED) is 0.820. The van der Waals surface area contributed by atoms with Crippen molar-refractivity contribution in [2.75, 3.05) is 6.54 Å². The number of alkyl carbamates (subject to hydrolysis) is 1. The van der Waals surface area contributed by atoms with Crippen molar-refractivity contribution < 1.29 is 19.4 Å². The van der Waals surface area contributed by atoms with E-state index in [9.17, 15) is 14.7 Å². The van der Waals surface area contributed by atoms with Crippen LogP contribution in [0.25, 0.3) is 0 Å². The Bertz CT molecular complexity index is 765. The lowest BCUT2D eigenvalue weighted by Gasteiger charge is -2.20. The minimum atomic E-state index is -1.15. The number of aromatic nitrogens is 3. The average molecular weight is 360 g/mol. The molecule has 0 aliphatic rings. The summed E-state index contributed by atoms with van der Waals surface area (Å²) in [6.07, 6.45) is -0.282. The molecule has 0 aliphatic carbocycles. The number of nitrogens with one attached hydrogen (secondary N) is 1. The van der Waals surface area contributed by atoms with E-state index in [1.54, 1.807) is 25.5 Å². The fourth-order valence-corrected chi connectivity index (χ4v) is 2.49. The molecule has 0 saturated carbocycles. The Balaban J connectivity index is 2.15. The summed E-state index contributed by atoms with van der Waals surface area (Å²) in [7, 11) is 0. The van der Waals surface area contributed by atoms with Crippen LogP contribution in [-0.2, 0) is 11.2 Å². The van der Waals surface area contributed by atoms with Gasteiger partial charge in [-0.15, -0.1) is 5.10 Å². The van der Waals surface area contributed by atoms with Crippen molar-refractivity contribution in [3.63, 3.8) is 0 Å². The first-order chi connectivity index (χ1) is 12.2. The molecule has 0 spiro atoms. The van der Waals surface area contributed by atoms with Gasteiger partial charge in [0, 0.05) is 13.0 Å². The van der Waals surface area contributed by atoms with E-state index in [-0.39, 0.29) is 24.7 Å². The molecule has 8 nitrogen and oxygen atoms in total. The fraction of sp³-hybridized carbons (Fsp3) is 0.444. The van der Waals surface area contributed by atoms with Crippen LogP contribution >= 0.6 is 0 Å². The molecule has 2 N–H and O–H groups in total. The molecule has 1 atom stereocenters. The molecule has 26 heavy (non-hydrogen) atoms. The smallest absolute Gasteiger partial charge is 0.407 e. The van der Waals surface area contributed by atoms with Gasteiger partial charge in [-0.05, 0) is 33.3 Å². The van der Waals surface area contributed by atoms with E-state index in [0.717, 1.165) is 5.56 Å². The fourth-order valence-electron chi connectivity index (χ4n) is 2.49. The number of amides is 1. The molecular formula is C18H24N4O4. The van der Waals surface area contributed by atoms with Crippen LogP contribution in [0, 0.1) is 0 Å². The first kappa shape index (κ1) is 19.4. The maximum absolute atomic E-state index is 11.8. The molecule has 1 amide bonds. The monoisotopic (exact) mass is 360 g/mol. The van der Waals surface area contributed by atoms with Gasteiger partial charge in [-0.25, -0.2) is 14.3 Å². The minimum Gasteiger partial charge on any atom is -0.476 e. The van der Waals surface area contributed by atoms with Gasteiger partial charge in [0.2, 0.25) is 0 Å². The van der Waals surface area contributed by atoms with Crippen molar-refractivity contribution in [3.05, 3.63) is 47.3 Å². The van der Waals surface area contributed by atoms with Crippen molar-refractivity contribution in [2.24, 2.45) is 0 Å². The van der Waals surface area contributed by atoms with Gasteiger partial charge >= 0.3 is 12.1 Å². The summed E-state index contributed by atoms with van der Waals surface area (Å²) in [6, 6.07) is 9.42. The lowest BCUT2D eigenvalue weighted by molar-refractivity contribution is 0.0528. The lowest BCUT2D eigenvalue weighted by Crippen LogP contribution is -2.34. The Kier molecular flexibility index (Phi) is 5.97. The van der Waals surface area contributed by atoms with Crippen LogP contribution in [0.4, 0.5) is 4.79 Å². The Hall–Kier alpha value is -2.90. The summed E-state index contributed by atoms with van der Waals surface area (Å²) in [4.78, 5) is 23.2. The van der Waals surface area contributed by atoms with Crippen LogP contribution in [0.2, 0.25) is 0 Å². The van der Waals surface area contributed by atoms with E-state index in [1.165, 1.54) is 0 Å². The van der Waals surface area contributed by atoms with Crippen LogP contribution in [0.15, 0.2) is 30.3 Å². The summed E-state index contributed by atoms with van der Waals surface area (Å²) in [5.41, 5.74) is 0.723. The molecule has 2 aromatic rings. The third-order valence-corrected chi connectivity index (χ3v) is 3.67. The van der Waals surface area contributed by atoms with Gasteiger partial charge in [-0.1, -0.05) is 35.5 Å². The Labute approximate surface area is 152 Å². The summed E-state index contributed by atoms with van der Waals surface area (Å²) < 4.78 is 6.76. The second-order valence-electron chi connectivity index (χ2n) is 6.90. The molecule has 0 fully saturated rings. The first-order valence-electron chi connectivity index (χ1n) is 8.38. The highest BCUT2D eigenvalue weighted by molar-refractivity contribution is 5.86. The first-order valence-corrected chi connectivity index (χ1v) is 8.38. The number of rotatable bonds is 6. The van der Waals surface area contributed by atoms with E-state index in [0.29, 0.717) is 5.69 Å². The second kappa shape index (κ2) is 7.99. The number of hydrogen-bond acceptors (Lipinski definition) is 5. The van der Waals surface area contributed by atoms with Gasteiger partial charge in [0.1, 0.15) is 5.60 Å². The van der Waals surface area contributed by atoms with Gasteiger partial charge in [-0.2, -0.15) is 0 Å². The zero-order valence-corrected chi connectivity index (χ0v) is 15.4. The van der Waals surface area contributed by atoms with Crippen LogP contribution in [0.3, 0.4) is 0 Å². The Morgan fingerprint density at radius 2 is 1.92 bits per heavy atom. The number of carboxylic acids is 1. The van der Waals surface area contributed by atoms with E-state index in [1.807, 2.05) is 37.3 Å². The van der Waals surface area contributed by atoms with E-state index in [2.05, 4.69) is 15.6 Å². The van der Waals surface area contributed by atoms with Gasteiger partial charge in [-0.3, -0.25) is 0 Å². The second-order valence-corrected chi connectivity index (χ2v) is 6.90. The summed E-state index contributed by atoms with van der Waals surface area (Å²) >= 11 is 0. The van der Waals surface area contributed by atoms with Crippen molar-refractivity contribution in [2.45, 2.75) is 45.8 Å². The number of nitrogens with zero attached hydrogens (tertiary/aromatic N) is 3. The van der Waals surface area contributed by atoms with Crippen molar-refractivity contribution in [1.29, 1.82) is 0 Å². The van der Waals surface area contributed by atoms with Crippen LogP contribution < -0.4 is 5.32 Å². The van der Waals surface area contributed by atoms with Crippen LogP contribution in [0.5, 0.6) is 0 Å². The highest BCUT2D eigenvalue weighted by atomic mass is 16.6. The normalized spacial score (nSPS) is 12.5. The van der Waals surface area contributed by atoms with Gasteiger partial charge < -0.3 is 15.2 Å². The van der Waals surface area contributed by atoms with Crippen molar-refractivity contribution in [3.8, 4) is 0 Å².